The molecule has 0 radical (unpaired) electrons. The molecular formula is C10H8N2O. The van der Waals surface area contributed by atoms with E-state index in [2.05, 4.69) is 9.98 Å². The van der Waals surface area contributed by atoms with Gasteiger partial charge in [0.1, 0.15) is 0 Å². The fourth-order valence-corrected chi connectivity index (χ4v) is 1.32. The van der Waals surface area contributed by atoms with Crippen LogP contribution in [0.5, 0.6) is 0 Å². The third-order valence-electron chi connectivity index (χ3n) is 1.95. The number of aromatic amines is 1. The number of nitrogens with one attached hydrogen (secondary N) is 1. The van der Waals surface area contributed by atoms with Gasteiger partial charge in [0.15, 0.2) is 0 Å². The number of hydrogen-bond acceptors (Lipinski definition) is 2. The average Bonchev–Trinajstić information content (AvgIpc) is 2.61. The lowest BCUT2D eigenvalue weighted by molar-refractivity contribution is 0.563. The van der Waals surface area contributed by atoms with Crippen LogP contribution in [0.1, 0.15) is 5.56 Å². The van der Waals surface area contributed by atoms with Gasteiger partial charge < -0.3 is 4.98 Å². The van der Waals surface area contributed by atoms with Gasteiger partial charge >= 0.3 is 0 Å². The Balaban J connectivity index is 2.42. The molecule has 0 aliphatic heterocycles. The summed E-state index contributed by atoms with van der Waals surface area (Å²) in [7, 11) is 0. The lowest BCUT2D eigenvalue weighted by Crippen LogP contribution is -1.80. The van der Waals surface area contributed by atoms with E-state index in [0.29, 0.717) is 6.54 Å². The van der Waals surface area contributed by atoms with Gasteiger partial charge in [-0.05, 0) is 23.1 Å². The summed E-state index contributed by atoms with van der Waals surface area (Å²) in [5.74, 6) is 0. The summed E-state index contributed by atoms with van der Waals surface area (Å²) in [6.07, 6.45) is 3.41. The topological polar surface area (TPSA) is 45.2 Å². The quantitative estimate of drug-likeness (QED) is 0.546. The summed E-state index contributed by atoms with van der Waals surface area (Å²) < 4.78 is 0. The summed E-state index contributed by atoms with van der Waals surface area (Å²) in [5, 5.41) is 1.17. The van der Waals surface area contributed by atoms with Crippen molar-refractivity contribution in [1.29, 1.82) is 0 Å². The Morgan fingerprint density at radius 3 is 3.15 bits per heavy atom. The van der Waals surface area contributed by atoms with E-state index in [1.165, 1.54) is 11.5 Å². The first-order chi connectivity index (χ1) is 6.40. The predicted molar refractivity (Wildman–Crippen MR) is 50.1 cm³/mol. The van der Waals surface area contributed by atoms with Crippen molar-refractivity contribution in [3.63, 3.8) is 0 Å². The molecule has 0 spiro atoms. The average molecular weight is 172 g/mol. The van der Waals surface area contributed by atoms with Crippen molar-refractivity contribution in [2.45, 2.75) is 6.54 Å². The van der Waals surface area contributed by atoms with E-state index in [1.807, 2.05) is 30.5 Å². The Bertz CT molecular complexity index is 466. The summed E-state index contributed by atoms with van der Waals surface area (Å²) in [5.41, 5.74) is 2.08. The molecule has 0 amide bonds. The van der Waals surface area contributed by atoms with Gasteiger partial charge in [0.2, 0.25) is 6.08 Å². The standard InChI is InChI=1S/C10H8N2O/c13-7-11-6-8-1-2-9-3-4-12-10(9)5-8/h1-5,12H,6H2. The lowest BCUT2D eigenvalue weighted by Gasteiger charge is -1.94. The van der Waals surface area contributed by atoms with E-state index >= 15 is 0 Å². The van der Waals surface area contributed by atoms with Crippen molar-refractivity contribution < 1.29 is 4.79 Å². The van der Waals surface area contributed by atoms with Crippen LogP contribution >= 0.6 is 0 Å². The number of hydrogen-bond donors (Lipinski definition) is 1. The zero-order valence-electron chi connectivity index (χ0n) is 6.95. The van der Waals surface area contributed by atoms with Crippen LogP contribution in [0.2, 0.25) is 0 Å². The molecule has 0 unspecified atom stereocenters. The SMILES string of the molecule is O=C=NCc1ccc2cc[nH]c2c1. The minimum atomic E-state index is 0.401. The van der Waals surface area contributed by atoms with Gasteiger partial charge in [0.05, 0.1) is 6.54 Å². The van der Waals surface area contributed by atoms with Crippen LogP contribution in [0.4, 0.5) is 0 Å². The summed E-state index contributed by atoms with van der Waals surface area (Å²) in [6.45, 7) is 0.401. The third kappa shape index (κ3) is 1.50. The van der Waals surface area contributed by atoms with Crippen molar-refractivity contribution in [2.75, 3.05) is 0 Å². The van der Waals surface area contributed by atoms with Crippen molar-refractivity contribution in [3.05, 3.63) is 36.0 Å². The van der Waals surface area contributed by atoms with Crippen LogP contribution in [-0.4, -0.2) is 11.1 Å². The molecule has 1 aromatic carbocycles. The monoisotopic (exact) mass is 172 g/mol. The zero-order chi connectivity index (χ0) is 9.10. The maximum atomic E-state index is 9.89. The van der Waals surface area contributed by atoms with E-state index in [4.69, 9.17) is 0 Å². The lowest BCUT2D eigenvalue weighted by atomic mass is 10.2. The van der Waals surface area contributed by atoms with Crippen molar-refractivity contribution in [2.24, 2.45) is 4.99 Å². The molecule has 0 bridgehead atoms. The summed E-state index contributed by atoms with van der Waals surface area (Å²) in [6, 6.07) is 7.94. The molecule has 64 valence electrons. The fraction of sp³-hybridized carbons (Fsp3) is 0.100. The number of isocyanates is 1. The molecule has 1 aromatic heterocycles. The number of rotatable bonds is 2. The van der Waals surface area contributed by atoms with Crippen LogP contribution in [0, 0.1) is 0 Å². The highest BCUT2D eigenvalue weighted by molar-refractivity contribution is 5.79. The maximum Gasteiger partial charge on any atom is 0.235 e. The normalized spacial score (nSPS) is 9.85. The van der Waals surface area contributed by atoms with Crippen molar-refractivity contribution in [1.82, 2.24) is 4.98 Å². The minimum Gasteiger partial charge on any atom is -0.361 e. The number of carbonyl (C=O) groups excluding carboxylic acids is 1. The molecule has 3 nitrogen and oxygen atoms in total. The van der Waals surface area contributed by atoms with Gasteiger partial charge in [0, 0.05) is 11.7 Å². The Kier molecular flexibility index (Phi) is 1.94. The van der Waals surface area contributed by atoms with E-state index < -0.39 is 0 Å². The van der Waals surface area contributed by atoms with E-state index in [-0.39, 0.29) is 0 Å². The molecule has 3 heteroatoms. The third-order valence-corrected chi connectivity index (χ3v) is 1.95. The second kappa shape index (κ2) is 3.25. The van der Waals surface area contributed by atoms with Gasteiger partial charge in [0.25, 0.3) is 0 Å². The second-order valence-electron chi connectivity index (χ2n) is 2.81. The van der Waals surface area contributed by atoms with Gasteiger partial charge in [-0.15, -0.1) is 0 Å². The molecular weight excluding hydrogens is 164 g/mol. The number of aliphatic imine (C=N–C) groups is 1. The molecule has 0 fully saturated rings. The van der Waals surface area contributed by atoms with Crippen LogP contribution in [0.15, 0.2) is 35.5 Å². The number of aromatic nitrogens is 1. The highest BCUT2D eigenvalue weighted by Crippen LogP contribution is 2.14. The molecule has 2 rings (SSSR count). The number of benzene rings is 1. The van der Waals surface area contributed by atoms with E-state index in [1.54, 1.807) is 0 Å². The van der Waals surface area contributed by atoms with Crippen molar-refractivity contribution in [3.8, 4) is 0 Å². The van der Waals surface area contributed by atoms with Gasteiger partial charge in [-0.3, -0.25) is 0 Å². The van der Waals surface area contributed by atoms with E-state index in [0.717, 1.165) is 11.1 Å². The molecule has 1 heterocycles. The minimum absolute atomic E-state index is 0.401. The van der Waals surface area contributed by atoms with Crippen LogP contribution in [0.25, 0.3) is 10.9 Å². The summed E-state index contributed by atoms with van der Waals surface area (Å²) in [4.78, 5) is 16.5. The van der Waals surface area contributed by atoms with Crippen molar-refractivity contribution >= 4 is 17.0 Å². The molecule has 2 aromatic rings. The number of fused-ring (bicyclic) bond motifs is 1. The Morgan fingerprint density at radius 1 is 1.38 bits per heavy atom. The molecule has 0 aliphatic carbocycles. The smallest absolute Gasteiger partial charge is 0.235 e. The summed E-state index contributed by atoms with van der Waals surface area (Å²) >= 11 is 0. The highest BCUT2D eigenvalue weighted by atomic mass is 16.1. The molecule has 0 atom stereocenters. The molecule has 0 aliphatic rings. The van der Waals surface area contributed by atoms with Crippen LogP contribution < -0.4 is 0 Å². The molecule has 0 saturated heterocycles. The maximum absolute atomic E-state index is 9.89. The number of H-pyrrole nitrogens is 1. The Hall–Kier alpha value is -1.86. The zero-order valence-corrected chi connectivity index (χ0v) is 6.95. The first kappa shape index (κ1) is 7.77. The molecule has 0 saturated carbocycles. The fourth-order valence-electron chi connectivity index (χ4n) is 1.32. The second-order valence-corrected chi connectivity index (χ2v) is 2.81. The predicted octanol–water partition coefficient (Wildman–Crippen LogP) is 2.00. The van der Waals surface area contributed by atoms with E-state index in [9.17, 15) is 4.79 Å². The van der Waals surface area contributed by atoms with Crippen LogP contribution in [-0.2, 0) is 11.3 Å². The highest BCUT2D eigenvalue weighted by Gasteiger charge is 1.95. The van der Waals surface area contributed by atoms with Gasteiger partial charge in [-0.2, -0.15) is 0 Å². The van der Waals surface area contributed by atoms with Gasteiger partial charge in [-0.25, -0.2) is 9.79 Å². The molecule has 1 N–H and O–H groups in total. The van der Waals surface area contributed by atoms with Crippen LogP contribution in [0.3, 0.4) is 0 Å². The molecule has 13 heavy (non-hydrogen) atoms. The van der Waals surface area contributed by atoms with Gasteiger partial charge in [-0.1, -0.05) is 12.1 Å². The first-order valence-electron chi connectivity index (χ1n) is 4.00. The largest absolute Gasteiger partial charge is 0.361 e. The number of nitrogens with zero attached hydrogens (tertiary/aromatic N) is 1. The Morgan fingerprint density at radius 2 is 2.31 bits per heavy atom. The Labute approximate surface area is 75.1 Å². The first-order valence-corrected chi connectivity index (χ1v) is 4.00.